The number of hydrogen-bond acceptors (Lipinski definition) is 0. The quantitative estimate of drug-likeness (QED) is 0.219. The summed E-state index contributed by atoms with van der Waals surface area (Å²) in [6.07, 6.45) is 9.76. The second-order valence-corrected chi connectivity index (χ2v) is 13.2. The van der Waals surface area contributed by atoms with E-state index >= 15 is 0 Å². The van der Waals surface area contributed by atoms with Gasteiger partial charge in [0.25, 0.3) is 0 Å². The first-order valence-corrected chi connectivity index (χ1v) is 15.8. The van der Waals surface area contributed by atoms with Crippen LogP contribution in [0.1, 0.15) is 64.1 Å². The second kappa shape index (κ2) is 10.6. The van der Waals surface area contributed by atoms with Gasteiger partial charge < -0.3 is 0 Å². The molecule has 0 heterocycles. The van der Waals surface area contributed by atoms with Crippen LogP contribution in [-0.2, 0) is 22.8 Å². The average Bonchev–Trinajstić information content (AvgIpc) is 3.54. The van der Waals surface area contributed by atoms with Crippen LogP contribution in [0.2, 0.25) is 0 Å². The molecule has 36 heavy (non-hydrogen) atoms. The van der Waals surface area contributed by atoms with Crippen molar-refractivity contribution in [3.8, 4) is 11.1 Å². The molecule has 0 nitrogen and oxygen atoms in total. The molecule has 2 aliphatic carbocycles. The van der Waals surface area contributed by atoms with Crippen LogP contribution >= 0.6 is 0 Å². The topological polar surface area (TPSA) is 0 Å². The van der Waals surface area contributed by atoms with Gasteiger partial charge in [0.05, 0.1) is 0 Å². The fourth-order valence-corrected chi connectivity index (χ4v) is 10.2. The minimum atomic E-state index is -1.09. The molecular weight excluding hydrogens is 512 g/mol. The fraction of sp³-hybridized carbons (Fsp3) is 0.171. The van der Waals surface area contributed by atoms with Crippen LogP contribution in [0.15, 0.2) is 121 Å². The molecule has 0 amide bonds. The second-order valence-electron chi connectivity index (χ2n) is 9.79. The van der Waals surface area contributed by atoms with Crippen LogP contribution in [-0.4, -0.2) is 3.21 Å². The van der Waals surface area contributed by atoms with Crippen molar-refractivity contribution in [3.63, 3.8) is 0 Å². The molecule has 0 spiro atoms. The van der Waals surface area contributed by atoms with Crippen molar-refractivity contribution in [2.45, 2.75) is 36.2 Å². The van der Waals surface area contributed by atoms with Crippen molar-refractivity contribution in [1.82, 2.24) is 0 Å². The Morgan fingerprint density at radius 1 is 0.722 bits per heavy atom. The molecular formula is C35H31Zr. The molecule has 1 unspecified atom stereocenters. The Hall–Kier alpha value is -2.89. The first-order valence-electron chi connectivity index (χ1n) is 13.2. The van der Waals surface area contributed by atoms with Gasteiger partial charge in [-0.2, -0.15) is 0 Å². The van der Waals surface area contributed by atoms with E-state index in [0.717, 1.165) is 6.42 Å². The molecule has 1 heteroatoms. The first kappa shape index (κ1) is 23.5. The molecule has 0 aliphatic heterocycles. The number of allylic oxidation sites excluding steroid dienone is 4. The van der Waals surface area contributed by atoms with Gasteiger partial charge in [-0.05, 0) is 0 Å². The van der Waals surface area contributed by atoms with Gasteiger partial charge in [0.15, 0.2) is 0 Å². The molecule has 0 aromatic heterocycles. The fourth-order valence-electron chi connectivity index (χ4n) is 5.70. The van der Waals surface area contributed by atoms with Gasteiger partial charge in [0.1, 0.15) is 0 Å². The average molecular weight is 543 g/mol. The maximum absolute atomic E-state index is 2.50. The van der Waals surface area contributed by atoms with Crippen molar-refractivity contribution < 1.29 is 22.8 Å². The van der Waals surface area contributed by atoms with Crippen LogP contribution in [0.5, 0.6) is 0 Å². The Labute approximate surface area is 226 Å². The van der Waals surface area contributed by atoms with Gasteiger partial charge in [0.2, 0.25) is 0 Å². The predicted molar refractivity (Wildman–Crippen MR) is 150 cm³/mol. The zero-order valence-corrected chi connectivity index (χ0v) is 23.3. The van der Waals surface area contributed by atoms with Gasteiger partial charge in [-0.1, -0.05) is 0 Å². The van der Waals surface area contributed by atoms with E-state index < -0.39 is 22.8 Å². The van der Waals surface area contributed by atoms with Crippen LogP contribution < -0.4 is 0 Å². The third-order valence-corrected chi connectivity index (χ3v) is 11.8. The summed E-state index contributed by atoms with van der Waals surface area (Å²) in [5.41, 5.74) is 13.3. The van der Waals surface area contributed by atoms with Crippen molar-refractivity contribution in [2.24, 2.45) is 0 Å². The molecule has 0 saturated carbocycles. The monoisotopic (exact) mass is 541 g/mol. The molecule has 1 atom stereocenters. The van der Waals surface area contributed by atoms with Gasteiger partial charge in [0, 0.05) is 0 Å². The Morgan fingerprint density at radius 3 is 2.08 bits per heavy atom. The number of rotatable bonds is 7. The molecule has 175 valence electrons. The number of hydrogen-bond donors (Lipinski definition) is 0. The van der Waals surface area contributed by atoms with E-state index in [9.17, 15) is 0 Å². The van der Waals surface area contributed by atoms with Crippen molar-refractivity contribution in [3.05, 3.63) is 149 Å². The molecule has 4 aromatic rings. The number of benzene rings is 4. The Balaban J connectivity index is 1.53. The molecule has 0 fully saturated rings. The van der Waals surface area contributed by atoms with Crippen LogP contribution in [0.3, 0.4) is 0 Å². The molecule has 0 radical (unpaired) electrons. The normalized spacial score (nSPS) is 15.5. The van der Waals surface area contributed by atoms with E-state index in [-0.39, 0.29) is 0 Å². The molecule has 0 saturated heterocycles. The van der Waals surface area contributed by atoms with Gasteiger partial charge >= 0.3 is 228 Å². The molecule has 0 N–H and O–H groups in total. The summed E-state index contributed by atoms with van der Waals surface area (Å²) in [6, 6.07) is 38.5. The van der Waals surface area contributed by atoms with Crippen molar-refractivity contribution in [2.75, 3.05) is 0 Å². The minimum absolute atomic E-state index is 0.506. The van der Waals surface area contributed by atoms with Crippen LogP contribution in [0.25, 0.3) is 16.7 Å². The zero-order chi connectivity index (χ0) is 24.3. The summed E-state index contributed by atoms with van der Waals surface area (Å²) >= 11 is -1.09. The van der Waals surface area contributed by atoms with Crippen molar-refractivity contribution in [1.29, 1.82) is 0 Å². The number of fused-ring (bicyclic) bond motifs is 3. The van der Waals surface area contributed by atoms with Crippen molar-refractivity contribution >= 4 is 8.78 Å². The van der Waals surface area contributed by atoms with E-state index in [4.69, 9.17) is 0 Å². The van der Waals surface area contributed by atoms with E-state index in [1.165, 1.54) is 63.8 Å². The third kappa shape index (κ3) is 4.51. The molecule has 6 rings (SSSR count). The first-order chi connectivity index (χ1) is 17.8. The van der Waals surface area contributed by atoms with Crippen LogP contribution in [0.4, 0.5) is 0 Å². The van der Waals surface area contributed by atoms with Crippen LogP contribution in [0, 0.1) is 0 Å². The predicted octanol–water partition coefficient (Wildman–Crippen LogP) is 9.01. The summed E-state index contributed by atoms with van der Waals surface area (Å²) in [7, 11) is 0. The third-order valence-electron chi connectivity index (χ3n) is 7.48. The number of unbranched alkanes of at least 4 members (excludes halogenated alkanes) is 1. The summed E-state index contributed by atoms with van der Waals surface area (Å²) in [4.78, 5) is 0. The van der Waals surface area contributed by atoms with E-state index in [2.05, 4.69) is 122 Å². The van der Waals surface area contributed by atoms with Gasteiger partial charge in [-0.15, -0.1) is 0 Å². The molecule has 0 bridgehead atoms. The van der Waals surface area contributed by atoms with Gasteiger partial charge in [-0.25, -0.2) is 0 Å². The summed E-state index contributed by atoms with van der Waals surface area (Å²) in [5, 5.41) is 0. The van der Waals surface area contributed by atoms with E-state index in [0.29, 0.717) is 3.63 Å². The molecule has 4 aromatic carbocycles. The Kier molecular flexibility index (Phi) is 6.93. The summed E-state index contributed by atoms with van der Waals surface area (Å²) < 4.78 is 2.09. The standard InChI is InChI=1S/C22H21.C13H10.Zr/c1-2-3-7-16-12-13-18(14-16)20-10-6-11-21-19-9-5-4-8-17(19)15-22(20)21;1-3-7-12(8-4-1)11-13-9-5-2-6-10-13;/h4-6,8-12,14-15H,2-3,7,13H2,1H3;1-10H;. The Morgan fingerprint density at radius 2 is 1.36 bits per heavy atom. The Bertz CT molecular complexity index is 1430. The molecule has 2 aliphatic rings. The van der Waals surface area contributed by atoms with E-state index in [1.54, 1.807) is 8.77 Å². The summed E-state index contributed by atoms with van der Waals surface area (Å²) in [6.45, 7) is 2.28. The maximum atomic E-state index is 2.50. The zero-order valence-electron chi connectivity index (χ0n) is 20.9. The summed E-state index contributed by atoms with van der Waals surface area (Å²) in [5.74, 6) is 0. The SMILES string of the molecule is CCCCC1=CCC(c2cccc3c2[CH]([Zr]=[C](c2ccccc2)c2ccccc2)c2ccccc2-3)=C1. The van der Waals surface area contributed by atoms with Gasteiger partial charge in [-0.3, -0.25) is 0 Å². The van der Waals surface area contributed by atoms with E-state index in [1.807, 2.05) is 0 Å².